The molecule has 1 unspecified atom stereocenters. The van der Waals surface area contributed by atoms with Gasteiger partial charge in [0.1, 0.15) is 6.17 Å². The minimum Gasteiger partial charge on any atom is -0.356 e. The van der Waals surface area contributed by atoms with Gasteiger partial charge in [-0.1, -0.05) is 104 Å². The lowest BCUT2D eigenvalue weighted by atomic mass is 10.0. The molecule has 0 amide bonds. The van der Waals surface area contributed by atoms with E-state index in [-0.39, 0.29) is 0 Å². The predicted octanol–water partition coefficient (Wildman–Crippen LogP) is 8.48. The quantitative estimate of drug-likeness (QED) is 0.203. The van der Waals surface area contributed by atoms with E-state index in [4.69, 9.17) is 0 Å². The van der Waals surface area contributed by atoms with Gasteiger partial charge in [-0.2, -0.15) is 0 Å². The van der Waals surface area contributed by atoms with Crippen LogP contribution in [0.3, 0.4) is 0 Å². The van der Waals surface area contributed by atoms with Gasteiger partial charge in [0.15, 0.2) is 0 Å². The SMILES string of the molecule is CCCCCCCCCCCCCCCC1N(CCCCC)C=CN1C(C)C. The van der Waals surface area contributed by atoms with Gasteiger partial charge >= 0.3 is 0 Å². The first kappa shape index (κ1) is 25.4. The lowest BCUT2D eigenvalue weighted by Gasteiger charge is -2.35. The maximum absolute atomic E-state index is 2.61. The topological polar surface area (TPSA) is 6.48 Å². The first-order valence-electron chi connectivity index (χ1n) is 12.9. The van der Waals surface area contributed by atoms with Gasteiger partial charge in [0, 0.05) is 25.0 Å². The minimum absolute atomic E-state index is 0.611. The summed E-state index contributed by atoms with van der Waals surface area (Å²) in [5.74, 6) is 0. The first-order valence-corrected chi connectivity index (χ1v) is 12.9. The molecule has 0 aromatic heterocycles. The second-order valence-corrected chi connectivity index (χ2v) is 9.30. The maximum Gasteiger partial charge on any atom is 0.101 e. The van der Waals surface area contributed by atoms with Crippen molar-refractivity contribution in [1.29, 1.82) is 0 Å². The average Bonchev–Trinajstić information content (AvgIpc) is 3.09. The van der Waals surface area contributed by atoms with Crippen LogP contribution in [0.25, 0.3) is 0 Å². The summed E-state index contributed by atoms with van der Waals surface area (Å²) in [7, 11) is 0. The van der Waals surface area contributed by atoms with Gasteiger partial charge in [0.05, 0.1) is 0 Å². The van der Waals surface area contributed by atoms with Crippen molar-refractivity contribution in [3.05, 3.63) is 12.4 Å². The molecular weight excluding hydrogens is 340 g/mol. The molecule has 0 aromatic rings. The Balaban J connectivity index is 2.03. The van der Waals surface area contributed by atoms with Gasteiger partial charge in [0.25, 0.3) is 0 Å². The molecule has 0 spiro atoms. The van der Waals surface area contributed by atoms with E-state index >= 15 is 0 Å². The third-order valence-electron chi connectivity index (χ3n) is 6.34. The molecule has 2 nitrogen and oxygen atoms in total. The molecule has 0 fully saturated rings. The van der Waals surface area contributed by atoms with Crippen LogP contribution in [-0.4, -0.2) is 28.6 Å². The molecule has 0 saturated heterocycles. The van der Waals surface area contributed by atoms with Crippen molar-refractivity contribution < 1.29 is 0 Å². The lowest BCUT2D eigenvalue weighted by molar-refractivity contribution is 0.114. The second kappa shape index (κ2) is 17.2. The predicted molar refractivity (Wildman–Crippen MR) is 126 cm³/mol. The molecular formula is C26H52N2. The zero-order chi connectivity index (χ0) is 20.5. The summed E-state index contributed by atoms with van der Waals surface area (Å²) in [6.45, 7) is 10.5. The number of hydrogen-bond acceptors (Lipinski definition) is 2. The van der Waals surface area contributed by atoms with Gasteiger partial charge in [-0.25, -0.2) is 0 Å². The summed E-state index contributed by atoms with van der Waals surface area (Å²) in [4.78, 5) is 5.18. The lowest BCUT2D eigenvalue weighted by Crippen LogP contribution is -2.42. The Hall–Kier alpha value is -0.660. The van der Waals surface area contributed by atoms with Crippen molar-refractivity contribution in [2.45, 2.75) is 149 Å². The van der Waals surface area contributed by atoms with Crippen LogP contribution in [0.2, 0.25) is 0 Å². The largest absolute Gasteiger partial charge is 0.356 e. The molecule has 1 aliphatic rings. The van der Waals surface area contributed by atoms with Gasteiger partial charge < -0.3 is 9.80 Å². The van der Waals surface area contributed by atoms with Gasteiger partial charge in [0.2, 0.25) is 0 Å². The van der Waals surface area contributed by atoms with Crippen LogP contribution in [-0.2, 0) is 0 Å². The van der Waals surface area contributed by atoms with Gasteiger partial charge in [-0.15, -0.1) is 0 Å². The number of unbranched alkanes of at least 4 members (excludes halogenated alkanes) is 14. The van der Waals surface area contributed by atoms with Crippen LogP contribution >= 0.6 is 0 Å². The van der Waals surface area contributed by atoms with E-state index in [1.54, 1.807) is 0 Å². The Bertz CT molecular complexity index is 363. The molecule has 1 aliphatic heterocycles. The molecule has 0 saturated carbocycles. The third kappa shape index (κ3) is 11.4. The zero-order valence-corrected chi connectivity index (χ0v) is 19.9. The van der Waals surface area contributed by atoms with E-state index in [1.165, 1.54) is 116 Å². The summed E-state index contributed by atoms with van der Waals surface area (Å²) < 4.78 is 0. The van der Waals surface area contributed by atoms with Crippen molar-refractivity contribution in [1.82, 2.24) is 9.80 Å². The second-order valence-electron chi connectivity index (χ2n) is 9.30. The highest BCUT2D eigenvalue weighted by molar-refractivity contribution is 4.98. The van der Waals surface area contributed by atoms with E-state index in [0.29, 0.717) is 12.2 Å². The fraction of sp³-hybridized carbons (Fsp3) is 0.923. The molecule has 0 aromatic carbocycles. The Kier molecular flexibility index (Phi) is 15.6. The summed E-state index contributed by atoms with van der Waals surface area (Å²) in [5.41, 5.74) is 0. The van der Waals surface area contributed by atoms with E-state index in [1.807, 2.05) is 0 Å². The number of rotatable bonds is 19. The van der Waals surface area contributed by atoms with Crippen molar-refractivity contribution >= 4 is 0 Å². The fourth-order valence-corrected chi connectivity index (χ4v) is 4.48. The number of hydrogen-bond donors (Lipinski definition) is 0. The van der Waals surface area contributed by atoms with Gasteiger partial charge in [-0.3, -0.25) is 0 Å². The molecule has 28 heavy (non-hydrogen) atoms. The zero-order valence-electron chi connectivity index (χ0n) is 19.9. The highest BCUT2D eigenvalue weighted by Gasteiger charge is 2.26. The smallest absolute Gasteiger partial charge is 0.101 e. The highest BCUT2D eigenvalue weighted by atomic mass is 15.4. The highest BCUT2D eigenvalue weighted by Crippen LogP contribution is 2.24. The van der Waals surface area contributed by atoms with Crippen LogP contribution in [0.4, 0.5) is 0 Å². The molecule has 0 radical (unpaired) electrons. The molecule has 2 heteroatoms. The van der Waals surface area contributed by atoms with Crippen molar-refractivity contribution in [2.24, 2.45) is 0 Å². The molecule has 0 aliphatic carbocycles. The standard InChI is InChI=1S/C26H52N2/c1-5-7-9-10-11-12-13-14-15-16-17-18-19-21-26-27(22-20-8-6-2)23-24-28(26)25(3)4/h23-26H,5-22H2,1-4H3. The first-order chi connectivity index (χ1) is 13.7. The normalized spacial score (nSPS) is 16.7. The summed E-state index contributed by atoms with van der Waals surface area (Å²) in [6, 6.07) is 0.611. The van der Waals surface area contributed by atoms with E-state index in [0.717, 1.165) is 0 Å². The summed E-state index contributed by atoms with van der Waals surface area (Å²) >= 11 is 0. The van der Waals surface area contributed by atoms with Crippen LogP contribution < -0.4 is 0 Å². The number of nitrogens with zero attached hydrogens (tertiary/aromatic N) is 2. The third-order valence-corrected chi connectivity index (χ3v) is 6.34. The van der Waals surface area contributed by atoms with Crippen LogP contribution in [0.5, 0.6) is 0 Å². The molecule has 0 N–H and O–H groups in total. The molecule has 0 bridgehead atoms. The maximum atomic E-state index is 2.61. The van der Waals surface area contributed by atoms with Crippen molar-refractivity contribution in [3.8, 4) is 0 Å². The summed E-state index contributed by atoms with van der Waals surface area (Å²) in [5, 5.41) is 0. The molecule has 1 atom stereocenters. The van der Waals surface area contributed by atoms with Crippen LogP contribution in [0, 0.1) is 0 Å². The van der Waals surface area contributed by atoms with Crippen LogP contribution in [0.1, 0.15) is 137 Å². The average molecular weight is 393 g/mol. The summed E-state index contributed by atoms with van der Waals surface area (Å²) in [6.07, 6.45) is 29.4. The molecule has 1 rings (SSSR count). The fourth-order valence-electron chi connectivity index (χ4n) is 4.48. The van der Waals surface area contributed by atoms with E-state index < -0.39 is 0 Å². The van der Waals surface area contributed by atoms with Gasteiger partial charge in [-0.05, 0) is 33.1 Å². The van der Waals surface area contributed by atoms with E-state index in [2.05, 4.69) is 49.9 Å². The Morgan fingerprint density at radius 3 is 1.57 bits per heavy atom. The Morgan fingerprint density at radius 2 is 1.07 bits per heavy atom. The molecule has 166 valence electrons. The molecule has 1 heterocycles. The Morgan fingerprint density at radius 1 is 0.607 bits per heavy atom. The monoisotopic (exact) mass is 392 g/mol. The Labute approximate surface area is 178 Å². The minimum atomic E-state index is 0.611. The van der Waals surface area contributed by atoms with Crippen molar-refractivity contribution in [3.63, 3.8) is 0 Å². The van der Waals surface area contributed by atoms with Crippen molar-refractivity contribution in [2.75, 3.05) is 6.54 Å². The van der Waals surface area contributed by atoms with Crippen LogP contribution in [0.15, 0.2) is 12.4 Å². The van der Waals surface area contributed by atoms with E-state index in [9.17, 15) is 0 Å².